The molecule has 7 N–H and O–H groups in total. The monoisotopic (exact) mass is 420 g/mol. The summed E-state index contributed by atoms with van der Waals surface area (Å²) in [4.78, 5) is 39.7. The van der Waals surface area contributed by atoms with Gasteiger partial charge in [0.25, 0.3) is 5.91 Å². The number of amides is 1. The molecule has 0 bridgehead atoms. The first kappa shape index (κ1) is 20.6. The van der Waals surface area contributed by atoms with Gasteiger partial charge in [0.05, 0.1) is 12.2 Å². The standard InChI is InChI=1S/C18H21N4O6P/c1-21(2)8-3-4-9(23)10-7(8)5-22(6-19)12(13(10)24)15(26)16-14(25)11(17(20)27)18(28)29-16/h3-4,16,23-25,29H,5-6,19H2,1-2H3,(H2,20,27). The van der Waals surface area contributed by atoms with Gasteiger partial charge in [0.2, 0.25) is 0 Å². The normalized spacial score (nSPS) is 19.8. The lowest BCUT2D eigenvalue weighted by atomic mass is 9.94. The summed E-state index contributed by atoms with van der Waals surface area (Å²) in [5, 5.41) is 31.4. The van der Waals surface area contributed by atoms with Crippen LogP contribution in [0.4, 0.5) is 5.69 Å². The molecule has 0 spiro atoms. The lowest BCUT2D eigenvalue weighted by Crippen LogP contribution is -2.39. The summed E-state index contributed by atoms with van der Waals surface area (Å²) in [5.74, 6) is -3.35. The molecule has 0 saturated heterocycles. The van der Waals surface area contributed by atoms with Gasteiger partial charge in [0.15, 0.2) is 17.1 Å². The second kappa shape index (κ2) is 7.38. The van der Waals surface area contributed by atoms with E-state index in [4.69, 9.17) is 11.5 Å². The Hall–Kier alpha value is -3.10. The van der Waals surface area contributed by atoms with Crippen LogP contribution in [0.15, 0.2) is 29.2 Å². The largest absolute Gasteiger partial charge is 0.510 e. The summed E-state index contributed by atoms with van der Waals surface area (Å²) >= 11 is 0. The molecule has 29 heavy (non-hydrogen) atoms. The molecule has 2 atom stereocenters. The van der Waals surface area contributed by atoms with E-state index < -0.39 is 48.5 Å². The van der Waals surface area contributed by atoms with Gasteiger partial charge in [-0.25, -0.2) is 0 Å². The summed E-state index contributed by atoms with van der Waals surface area (Å²) in [5.41, 5.74) is 9.36. The minimum Gasteiger partial charge on any atom is -0.510 e. The number of primary amides is 1. The number of aromatic hydroxyl groups is 1. The number of anilines is 1. The first-order valence-corrected chi connectivity index (χ1v) is 9.66. The number of benzene rings is 1. The fourth-order valence-electron chi connectivity index (χ4n) is 3.53. The number of aliphatic hydroxyl groups excluding tert-OH is 2. The Kier molecular flexibility index (Phi) is 5.25. The number of aliphatic hydroxyl groups is 2. The van der Waals surface area contributed by atoms with E-state index in [1.54, 1.807) is 25.1 Å². The van der Waals surface area contributed by atoms with Crippen LogP contribution < -0.4 is 16.4 Å². The number of fused-ring (bicyclic) bond motifs is 1. The zero-order valence-electron chi connectivity index (χ0n) is 15.8. The number of Topliss-reactive ketones (excluding diaryl/α,β-unsaturated/α-hetero) is 1. The molecule has 1 aromatic carbocycles. The summed E-state index contributed by atoms with van der Waals surface area (Å²) in [6.07, 6.45) is 0. The smallest absolute Gasteiger partial charge is 0.256 e. The number of nitrogens with two attached hydrogens (primary N) is 2. The van der Waals surface area contributed by atoms with Crippen molar-refractivity contribution < 1.29 is 29.7 Å². The van der Waals surface area contributed by atoms with Crippen LogP contribution in [0.5, 0.6) is 5.75 Å². The van der Waals surface area contributed by atoms with Crippen molar-refractivity contribution in [2.45, 2.75) is 12.2 Å². The van der Waals surface area contributed by atoms with Crippen molar-refractivity contribution in [3.8, 4) is 5.75 Å². The van der Waals surface area contributed by atoms with Crippen LogP contribution >= 0.6 is 8.58 Å². The Morgan fingerprint density at radius 1 is 1.28 bits per heavy atom. The van der Waals surface area contributed by atoms with Gasteiger partial charge in [-0.05, 0) is 20.7 Å². The second-order valence-electron chi connectivity index (χ2n) is 6.82. The van der Waals surface area contributed by atoms with Crippen LogP contribution in [0.2, 0.25) is 0 Å². The second-order valence-corrected chi connectivity index (χ2v) is 8.14. The maximum Gasteiger partial charge on any atom is 0.256 e. The third-order valence-electron chi connectivity index (χ3n) is 4.87. The molecule has 0 saturated carbocycles. The highest BCUT2D eigenvalue weighted by atomic mass is 31.1. The number of nitrogens with zero attached hydrogens (tertiary/aromatic N) is 2. The Labute approximate surface area is 167 Å². The van der Waals surface area contributed by atoms with E-state index in [9.17, 15) is 29.7 Å². The maximum atomic E-state index is 13.1. The molecule has 2 aliphatic heterocycles. The highest BCUT2D eigenvalue weighted by Crippen LogP contribution is 2.44. The number of phenols is 1. The highest BCUT2D eigenvalue weighted by molar-refractivity contribution is 7.61. The van der Waals surface area contributed by atoms with Gasteiger partial charge in [0, 0.05) is 31.9 Å². The quantitative estimate of drug-likeness (QED) is 0.321. The SMILES string of the molecule is CN(C)c1ccc(O)c2c1CN(CN)C(C(=O)C1PC(=O)C(C(N)=O)=C1O)=C2O. The number of hydrogen-bond donors (Lipinski definition) is 5. The van der Waals surface area contributed by atoms with Gasteiger partial charge in [-0.3, -0.25) is 14.4 Å². The fourth-order valence-corrected chi connectivity index (χ4v) is 4.74. The van der Waals surface area contributed by atoms with Crippen molar-refractivity contribution in [2.75, 3.05) is 25.7 Å². The predicted octanol–water partition coefficient (Wildman–Crippen LogP) is -0.130. The van der Waals surface area contributed by atoms with Crippen molar-refractivity contribution in [3.63, 3.8) is 0 Å². The van der Waals surface area contributed by atoms with Gasteiger partial charge < -0.3 is 36.6 Å². The number of phenolic OH excluding ortho intramolecular Hbond substituents is 1. The summed E-state index contributed by atoms with van der Waals surface area (Å²) < 4.78 is 0. The number of carbonyl (C=O) groups excluding carboxylic acids is 3. The molecule has 154 valence electrons. The molecule has 2 unspecified atom stereocenters. The van der Waals surface area contributed by atoms with E-state index in [1.165, 1.54) is 11.0 Å². The average molecular weight is 420 g/mol. The van der Waals surface area contributed by atoms with Crippen molar-refractivity contribution in [2.24, 2.45) is 11.5 Å². The number of allylic oxidation sites excluding steroid dienone is 2. The molecule has 2 aliphatic rings. The highest BCUT2D eigenvalue weighted by Gasteiger charge is 2.44. The Bertz CT molecular complexity index is 1000. The summed E-state index contributed by atoms with van der Waals surface area (Å²) in [7, 11) is 2.84. The molecular formula is C18H21N4O6P. The molecule has 10 nitrogen and oxygen atoms in total. The third kappa shape index (κ3) is 3.20. The average Bonchev–Trinajstić information content (AvgIpc) is 2.94. The summed E-state index contributed by atoms with van der Waals surface area (Å²) in [6.45, 7) is -0.0418. The topological polar surface area (TPSA) is 170 Å². The number of rotatable bonds is 5. The Balaban J connectivity index is 2.16. The van der Waals surface area contributed by atoms with Crippen molar-refractivity contribution in [1.29, 1.82) is 0 Å². The van der Waals surface area contributed by atoms with Crippen molar-refractivity contribution in [1.82, 2.24) is 4.90 Å². The van der Waals surface area contributed by atoms with Crippen molar-refractivity contribution in [3.05, 3.63) is 40.3 Å². The van der Waals surface area contributed by atoms with Gasteiger partial charge in [-0.2, -0.15) is 0 Å². The van der Waals surface area contributed by atoms with Crippen LogP contribution in [-0.2, 0) is 20.9 Å². The van der Waals surface area contributed by atoms with Gasteiger partial charge in [-0.15, -0.1) is 0 Å². The van der Waals surface area contributed by atoms with Gasteiger partial charge in [-0.1, -0.05) is 0 Å². The molecule has 0 radical (unpaired) electrons. The molecule has 11 heteroatoms. The van der Waals surface area contributed by atoms with Crippen LogP contribution in [0.3, 0.4) is 0 Å². The molecule has 2 heterocycles. The molecule has 3 rings (SSSR count). The van der Waals surface area contributed by atoms with Crippen LogP contribution in [0, 0.1) is 0 Å². The Morgan fingerprint density at radius 2 is 1.93 bits per heavy atom. The van der Waals surface area contributed by atoms with E-state index in [-0.39, 0.29) is 30.2 Å². The molecule has 1 aromatic rings. The van der Waals surface area contributed by atoms with E-state index >= 15 is 0 Å². The zero-order chi connectivity index (χ0) is 21.6. The number of hydrogen-bond acceptors (Lipinski definition) is 9. The molecule has 0 aromatic heterocycles. The van der Waals surface area contributed by atoms with Gasteiger partial charge in [0.1, 0.15) is 28.4 Å². The van der Waals surface area contributed by atoms with E-state index in [1.807, 2.05) is 0 Å². The third-order valence-corrected chi connectivity index (χ3v) is 6.21. The first-order chi connectivity index (χ1) is 13.6. The van der Waals surface area contributed by atoms with E-state index in [0.29, 0.717) is 11.3 Å². The molecule has 1 amide bonds. The minimum atomic E-state index is -1.34. The van der Waals surface area contributed by atoms with Crippen LogP contribution in [-0.4, -0.2) is 63.9 Å². The van der Waals surface area contributed by atoms with Gasteiger partial charge >= 0.3 is 0 Å². The zero-order valence-corrected chi connectivity index (χ0v) is 16.8. The van der Waals surface area contributed by atoms with E-state index in [0.717, 1.165) is 0 Å². The lowest BCUT2D eigenvalue weighted by Gasteiger charge is -2.34. The lowest BCUT2D eigenvalue weighted by molar-refractivity contribution is -0.118. The van der Waals surface area contributed by atoms with Crippen molar-refractivity contribution >= 4 is 37.2 Å². The van der Waals surface area contributed by atoms with Crippen LogP contribution in [0.25, 0.3) is 5.76 Å². The number of ketones is 1. The molecular weight excluding hydrogens is 399 g/mol. The van der Waals surface area contributed by atoms with Crippen LogP contribution in [0.1, 0.15) is 11.1 Å². The Morgan fingerprint density at radius 3 is 2.45 bits per heavy atom. The maximum absolute atomic E-state index is 13.1. The first-order valence-electron chi connectivity index (χ1n) is 8.58. The van der Waals surface area contributed by atoms with E-state index in [2.05, 4.69) is 0 Å². The summed E-state index contributed by atoms with van der Waals surface area (Å²) in [6, 6.07) is 3.07. The molecule has 0 fully saturated rings. The molecule has 0 aliphatic carbocycles. The predicted molar refractivity (Wildman–Crippen MR) is 108 cm³/mol. The number of carbonyl (C=O) groups is 3. The fraction of sp³-hybridized carbons (Fsp3) is 0.278. The minimum absolute atomic E-state index is 0.0792.